The van der Waals surface area contributed by atoms with Crippen molar-refractivity contribution < 1.29 is 4.79 Å². The van der Waals surface area contributed by atoms with Gasteiger partial charge < -0.3 is 0 Å². The van der Waals surface area contributed by atoms with Crippen molar-refractivity contribution in [2.24, 2.45) is 0 Å². The Hall–Kier alpha value is -1.75. The van der Waals surface area contributed by atoms with Crippen molar-refractivity contribution in [1.82, 2.24) is 19.7 Å². The van der Waals surface area contributed by atoms with E-state index in [0.717, 1.165) is 0 Å². The summed E-state index contributed by atoms with van der Waals surface area (Å²) < 4.78 is 1.38. The molecule has 2 heterocycles. The SMILES string of the molecule is CC(C)c1nn(-c2ncccn2)c(Cl)c1C=O. The molecule has 88 valence electrons. The molecule has 6 heteroatoms. The van der Waals surface area contributed by atoms with Crippen LogP contribution in [0.25, 0.3) is 5.95 Å². The zero-order valence-corrected chi connectivity index (χ0v) is 10.2. The standard InChI is InChI=1S/C11H11ClN4O/c1-7(2)9-8(6-17)10(12)16(15-9)11-13-4-3-5-14-11/h3-7H,1-2H3. The van der Waals surface area contributed by atoms with Crippen LogP contribution in [0.3, 0.4) is 0 Å². The van der Waals surface area contributed by atoms with Crippen LogP contribution in [-0.4, -0.2) is 26.0 Å². The topological polar surface area (TPSA) is 60.7 Å². The summed E-state index contributed by atoms with van der Waals surface area (Å²) in [7, 11) is 0. The minimum absolute atomic E-state index is 0.109. The van der Waals surface area contributed by atoms with Crippen molar-refractivity contribution in [3.8, 4) is 5.95 Å². The van der Waals surface area contributed by atoms with Gasteiger partial charge in [-0.1, -0.05) is 25.4 Å². The quantitative estimate of drug-likeness (QED) is 0.784. The van der Waals surface area contributed by atoms with Gasteiger partial charge in [0.25, 0.3) is 5.95 Å². The smallest absolute Gasteiger partial charge is 0.251 e. The van der Waals surface area contributed by atoms with Gasteiger partial charge in [0.15, 0.2) is 6.29 Å². The van der Waals surface area contributed by atoms with Crippen molar-refractivity contribution in [1.29, 1.82) is 0 Å². The molecule has 0 N–H and O–H groups in total. The van der Waals surface area contributed by atoms with E-state index in [1.807, 2.05) is 13.8 Å². The predicted octanol–water partition coefficient (Wildman–Crippen LogP) is 2.25. The Bertz CT molecular complexity index is 536. The fourth-order valence-electron chi connectivity index (χ4n) is 1.49. The van der Waals surface area contributed by atoms with Gasteiger partial charge in [0.1, 0.15) is 5.15 Å². The second-order valence-electron chi connectivity index (χ2n) is 3.82. The Morgan fingerprint density at radius 3 is 2.47 bits per heavy atom. The molecule has 0 aromatic carbocycles. The van der Waals surface area contributed by atoms with Gasteiger partial charge in [-0.15, -0.1) is 0 Å². The second-order valence-corrected chi connectivity index (χ2v) is 4.18. The molecule has 0 amide bonds. The Balaban J connectivity index is 2.61. The number of carbonyl (C=O) groups excluding carboxylic acids is 1. The maximum absolute atomic E-state index is 11.0. The fraction of sp³-hybridized carbons (Fsp3) is 0.273. The molecule has 0 radical (unpaired) electrons. The first-order chi connectivity index (χ1) is 8.15. The molecule has 0 bridgehead atoms. The largest absolute Gasteiger partial charge is 0.298 e. The highest BCUT2D eigenvalue weighted by atomic mass is 35.5. The van der Waals surface area contributed by atoms with Gasteiger partial charge in [-0.25, -0.2) is 9.97 Å². The third-order valence-corrected chi connectivity index (χ3v) is 2.66. The highest BCUT2D eigenvalue weighted by molar-refractivity contribution is 6.32. The van der Waals surface area contributed by atoms with Gasteiger partial charge in [-0.2, -0.15) is 9.78 Å². The average molecular weight is 251 g/mol. The number of aromatic nitrogens is 4. The Morgan fingerprint density at radius 1 is 1.35 bits per heavy atom. The molecule has 0 saturated heterocycles. The van der Waals surface area contributed by atoms with Crippen LogP contribution in [0.1, 0.15) is 35.8 Å². The summed E-state index contributed by atoms with van der Waals surface area (Å²) in [4.78, 5) is 19.1. The molecule has 0 unspecified atom stereocenters. The summed E-state index contributed by atoms with van der Waals surface area (Å²) in [5, 5.41) is 4.52. The van der Waals surface area contributed by atoms with E-state index < -0.39 is 0 Å². The van der Waals surface area contributed by atoms with E-state index in [4.69, 9.17) is 11.6 Å². The number of nitrogens with zero attached hydrogens (tertiary/aromatic N) is 4. The summed E-state index contributed by atoms with van der Waals surface area (Å²) >= 11 is 6.10. The molecule has 0 spiro atoms. The van der Waals surface area contributed by atoms with E-state index in [0.29, 0.717) is 23.5 Å². The van der Waals surface area contributed by atoms with Crippen molar-refractivity contribution >= 4 is 17.9 Å². The average Bonchev–Trinajstić information content (AvgIpc) is 2.67. The first-order valence-electron chi connectivity index (χ1n) is 5.16. The highest BCUT2D eigenvalue weighted by Crippen LogP contribution is 2.25. The van der Waals surface area contributed by atoms with Crippen LogP contribution in [0.15, 0.2) is 18.5 Å². The number of hydrogen-bond donors (Lipinski definition) is 0. The molecule has 5 nitrogen and oxygen atoms in total. The molecule has 2 aromatic heterocycles. The summed E-state index contributed by atoms with van der Waals surface area (Å²) in [6, 6.07) is 1.70. The third-order valence-electron chi connectivity index (χ3n) is 2.30. The number of rotatable bonds is 3. The van der Waals surface area contributed by atoms with Gasteiger partial charge in [0, 0.05) is 12.4 Å². The predicted molar refractivity (Wildman–Crippen MR) is 63.6 cm³/mol. The molecule has 0 fully saturated rings. The van der Waals surface area contributed by atoms with Crippen LogP contribution in [0, 0.1) is 0 Å². The number of halogens is 1. The van der Waals surface area contributed by atoms with Crippen LogP contribution in [0.5, 0.6) is 0 Å². The Morgan fingerprint density at radius 2 is 2.00 bits per heavy atom. The molecule has 17 heavy (non-hydrogen) atoms. The molecular weight excluding hydrogens is 240 g/mol. The van der Waals surface area contributed by atoms with Gasteiger partial charge in [0.2, 0.25) is 0 Å². The molecule has 2 rings (SSSR count). The monoisotopic (exact) mass is 250 g/mol. The van der Waals surface area contributed by atoms with Gasteiger partial charge in [-0.05, 0) is 12.0 Å². The number of aldehydes is 1. The lowest BCUT2D eigenvalue weighted by atomic mass is 10.1. The maximum Gasteiger partial charge on any atom is 0.251 e. The summed E-state index contributed by atoms with van der Waals surface area (Å²) in [5.41, 5.74) is 1.05. The van der Waals surface area contributed by atoms with Crippen LogP contribution < -0.4 is 0 Å². The number of carbonyl (C=O) groups is 1. The molecule has 0 aliphatic rings. The fourth-order valence-corrected chi connectivity index (χ4v) is 1.75. The lowest BCUT2D eigenvalue weighted by Crippen LogP contribution is -2.02. The molecule has 0 atom stereocenters. The Labute approximate surface area is 103 Å². The molecule has 0 saturated carbocycles. The number of hydrogen-bond acceptors (Lipinski definition) is 4. The van der Waals surface area contributed by atoms with Gasteiger partial charge in [0.05, 0.1) is 11.3 Å². The van der Waals surface area contributed by atoms with Crippen molar-refractivity contribution in [3.63, 3.8) is 0 Å². The van der Waals surface area contributed by atoms with E-state index in [9.17, 15) is 4.79 Å². The van der Waals surface area contributed by atoms with Crippen molar-refractivity contribution in [2.45, 2.75) is 19.8 Å². The molecule has 0 aliphatic heterocycles. The minimum Gasteiger partial charge on any atom is -0.298 e. The lowest BCUT2D eigenvalue weighted by Gasteiger charge is -1.99. The minimum atomic E-state index is 0.109. The van der Waals surface area contributed by atoms with E-state index in [2.05, 4.69) is 15.1 Å². The van der Waals surface area contributed by atoms with E-state index >= 15 is 0 Å². The van der Waals surface area contributed by atoms with E-state index in [1.54, 1.807) is 18.5 Å². The lowest BCUT2D eigenvalue weighted by molar-refractivity contribution is 0.112. The summed E-state index contributed by atoms with van der Waals surface area (Å²) in [6.45, 7) is 3.89. The van der Waals surface area contributed by atoms with Gasteiger partial charge >= 0.3 is 0 Å². The molecular formula is C11H11ClN4O. The van der Waals surface area contributed by atoms with Crippen molar-refractivity contribution in [2.75, 3.05) is 0 Å². The zero-order chi connectivity index (χ0) is 12.4. The van der Waals surface area contributed by atoms with E-state index in [-0.39, 0.29) is 11.1 Å². The molecule has 2 aromatic rings. The van der Waals surface area contributed by atoms with Crippen LogP contribution in [-0.2, 0) is 0 Å². The van der Waals surface area contributed by atoms with Crippen LogP contribution >= 0.6 is 11.6 Å². The normalized spacial score (nSPS) is 10.8. The highest BCUT2D eigenvalue weighted by Gasteiger charge is 2.19. The molecule has 0 aliphatic carbocycles. The summed E-state index contributed by atoms with van der Waals surface area (Å²) in [6.07, 6.45) is 3.90. The summed E-state index contributed by atoms with van der Waals surface area (Å²) in [5.74, 6) is 0.463. The van der Waals surface area contributed by atoms with Gasteiger partial charge in [-0.3, -0.25) is 4.79 Å². The zero-order valence-electron chi connectivity index (χ0n) is 9.46. The third kappa shape index (κ3) is 2.06. The Kier molecular flexibility index (Phi) is 3.19. The van der Waals surface area contributed by atoms with E-state index in [1.165, 1.54) is 4.68 Å². The maximum atomic E-state index is 11.0. The van der Waals surface area contributed by atoms with Crippen molar-refractivity contribution in [3.05, 3.63) is 34.9 Å². The first-order valence-corrected chi connectivity index (χ1v) is 5.54. The first kappa shape index (κ1) is 11.7. The van der Waals surface area contributed by atoms with Crippen LogP contribution in [0.4, 0.5) is 0 Å². The van der Waals surface area contributed by atoms with Crippen LogP contribution in [0.2, 0.25) is 5.15 Å². The second kappa shape index (κ2) is 4.63.